The van der Waals surface area contributed by atoms with Crippen LogP contribution in [0.3, 0.4) is 0 Å². The number of amides is 2. The smallest absolute Gasteiger partial charge is 0.225 e. The number of H-pyrrole nitrogens is 1. The number of carbonyl (C=O) groups is 2. The van der Waals surface area contributed by atoms with Crippen molar-refractivity contribution < 1.29 is 9.59 Å². The summed E-state index contributed by atoms with van der Waals surface area (Å²) in [6, 6.07) is 5.77. The van der Waals surface area contributed by atoms with E-state index in [0.717, 1.165) is 35.7 Å². The van der Waals surface area contributed by atoms with E-state index < -0.39 is 0 Å². The van der Waals surface area contributed by atoms with Crippen LogP contribution < -0.4 is 5.32 Å². The molecule has 1 aliphatic rings. The highest BCUT2D eigenvalue weighted by Gasteiger charge is 2.33. The van der Waals surface area contributed by atoms with Crippen molar-refractivity contribution in [1.82, 2.24) is 15.2 Å². The number of aromatic amines is 1. The van der Waals surface area contributed by atoms with Crippen LogP contribution in [0.25, 0.3) is 10.9 Å². The molecule has 1 atom stereocenters. The zero-order valence-corrected chi connectivity index (χ0v) is 16.6. The molecule has 0 saturated carbocycles. The Morgan fingerprint density at radius 2 is 2.19 bits per heavy atom. The number of rotatable bonds is 9. The number of nitrogens with zero attached hydrogens (tertiary/aromatic N) is 1. The highest BCUT2D eigenvalue weighted by atomic mass is 35.5. The zero-order valence-electron chi connectivity index (χ0n) is 15.9. The maximum atomic E-state index is 12.3. The predicted octanol–water partition coefficient (Wildman–Crippen LogP) is 3.91. The molecule has 2 heterocycles. The molecular formula is C21H28ClN3O2. The van der Waals surface area contributed by atoms with Gasteiger partial charge in [0.1, 0.15) is 0 Å². The van der Waals surface area contributed by atoms with Gasteiger partial charge in [-0.3, -0.25) is 9.59 Å². The second kappa shape index (κ2) is 9.27. The minimum Gasteiger partial charge on any atom is -0.361 e. The summed E-state index contributed by atoms with van der Waals surface area (Å²) in [7, 11) is 0. The maximum absolute atomic E-state index is 12.3. The van der Waals surface area contributed by atoms with Crippen molar-refractivity contribution in [2.45, 2.75) is 45.4 Å². The number of benzene rings is 1. The Hall–Kier alpha value is -2.01. The number of halogens is 1. The molecule has 1 saturated heterocycles. The number of aromatic nitrogens is 1. The summed E-state index contributed by atoms with van der Waals surface area (Å²) in [4.78, 5) is 29.7. The van der Waals surface area contributed by atoms with Gasteiger partial charge in [-0.25, -0.2) is 0 Å². The van der Waals surface area contributed by atoms with Crippen molar-refractivity contribution >= 4 is 34.3 Å². The van der Waals surface area contributed by atoms with Crippen molar-refractivity contribution in [2.24, 2.45) is 5.92 Å². The number of hydrogen-bond acceptors (Lipinski definition) is 2. The summed E-state index contributed by atoms with van der Waals surface area (Å²) in [5.41, 5.74) is 2.19. The van der Waals surface area contributed by atoms with Crippen LogP contribution in [0.4, 0.5) is 0 Å². The van der Waals surface area contributed by atoms with Crippen molar-refractivity contribution in [3.05, 3.63) is 35.0 Å². The van der Waals surface area contributed by atoms with Gasteiger partial charge in [0.05, 0.1) is 5.92 Å². The molecule has 0 aliphatic carbocycles. The van der Waals surface area contributed by atoms with Crippen LogP contribution in [0, 0.1) is 5.92 Å². The van der Waals surface area contributed by atoms with Crippen molar-refractivity contribution in [2.75, 3.05) is 19.6 Å². The summed E-state index contributed by atoms with van der Waals surface area (Å²) in [6.45, 7) is 4.02. The Morgan fingerprint density at radius 3 is 3.00 bits per heavy atom. The first kappa shape index (κ1) is 19.7. The molecule has 1 fully saturated rings. The van der Waals surface area contributed by atoms with Gasteiger partial charge in [-0.1, -0.05) is 37.8 Å². The molecule has 6 heteroatoms. The number of likely N-dealkylation sites (tertiary alicyclic amines) is 1. The molecule has 146 valence electrons. The fourth-order valence-corrected chi connectivity index (χ4v) is 3.86. The first-order chi connectivity index (χ1) is 13.1. The van der Waals surface area contributed by atoms with Gasteiger partial charge in [-0.05, 0) is 36.6 Å². The summed E-state index contributed by atoms with van der Waals surface area (Å²) in [5, 5.41) is 4.79. The third-order valence-corrected chi connectivity index (χ3v) is 5.53. The van der Waals surface area contributed by atoms with Crippen LogP contribution in [-0.2, 0) is 16.0 Å². The molecule has 2 N–H and O–H groups in total. The van der Waals surface area contributed by atoms with Crippen molar-refractivity contribution in [3.8, 4) is 0 Å². The van der Waals surface area contributed by atoms with E-state index in [1.807, 2.05) is 29.3 Å². The van der Waals surface area contributed by atoms with Gasteiger partial charge in [0.25, 0.3) is 0 Å². The zero-order chi connectivity index (χ0) is 19.2. The first-order valence-corrected chi connectivity index (χ1v) is 10.3. The quantitative estimate of drug-likeness (QED) is 0.638. The SMILES string of the molecule is CCCCCCNC(=O)C1CC(=O)N(CCc2c[nH]c3ccc(Cl)cc23)C1. The number of unbranched alkanes of at least 4 members (excludes halogenated alkanes) is 3. The third kappa shape index (κ3) is 5.04. The van der Waals surface area contributed by atoms with Gasteiger partial charge in [0.2, 0.25) is 11.8 Å². The molecule has 0 spiro atoms. The minimum absolute atomic E-state index is 0.0150. The van der Waals surface area contributed by atoms with E-state index >= 15 is 0 Å². The van der Waals surface area contributed by atoms with Crippen molar-refractivity contribution in [1.29, 1.82) is 0 Å². The van der Waals surface area contributed by atoms with Gasteiger partial charge in [0.15, 0.2) is 0 Å². The van der Waals surface area contributed by atoms with E-state index in [1.54, 1.807) is 0 Å². The van der Waals surface area contributed by atoms with Crippen LogP contribution in [-0.4, -0.2) is 41.3 Å². The first-order valence-electron chi connectivity index (χ1n) is 9.89. The largest absolute Gasteiger partial charge is 0.361 e. The summed E-state index contributed by atoms with van der Waals surface area (Å²) in [5.74, 6) is -0.138. The van der Waals surface area contributed by atoms with E-state index in [1.165, 1.54) is 12.8 Å². The summed E-state index contributed by atoms with van der Waals surface area (Å²) >= 11 is 6.10. The monoisotopic (exact) mass is 389 g/mol. The average molecular weight is 390 g/mol. The van der Waals surface area contributed by atoms with Crippen LogP contribution in [0.1, 0.15) is 44.6 Å². The van der Waals surface area contributed by atoms with Crippen molar-refractivity contribution in [3.63, 3.8) is 0 Å². The molecule has 1 unspecified atom stereocenters. The predicted molar refractivity (Wildman–Crippen MR) is 109 cm³/mol. The lowest BCUT2D eigenvalue weighted by Gasteiger charge is -2.16. The van der Waals surface area contributed by atoms with E-state index in [2.05, 4.69) is 17.2 Å². The lowest BCUT2D eigenvalue weighted by Crippen LogP contribution is -2.34. The maximum Gasteiger partial charge on any atom is 0.225 e. The second-order valence-electron chi connectivity index (χ2n) is 7.35. The van der Waals surface area contributed by atoms with E-state index in [9.17, 15) is 9.59 Å². The number of nitrogens with one attached hydrogen (secondary N) is 2. The number of carbonyl (C=O) groups excluding carboxylic acids is 2. The topological polar surface area (TPSA) is 65.2 Å². The molecule has 1 aliphatic heterocycles. The molecule has 2 aromatic rings. The van der Waals surface area contributed by atoms with Gasteiger partial charge in [-0.2, -0.15) is 0 Å². The second-order valence-corrected chi connectivity index (χ2v) is 7.78. The van der Waals surface area contributed by atoms with Gasteiger partial charge in [-0.15, -0.1) is 0 Å². The lowest BCUT2D eigenvalue weighted by molar-refractivity contribution is -0.129. The number of hydrogen-bond donors (Lipinski definition) is 2. The summed E-state index contributed by atoms with van der Waals surface area (Å²) in [6.07, 6.45) is 7.57. The molecule has 3 rings (SSSR count). The fraction of sp³-hybridized carbons (Fsp3) is 0.524. The highest BCUT2D eigenvalue weighted by molar-refractivity contribution is 6.31. The van der Waals surface area contributed by atoms with E-state index in [0.29, 0.717) is 31.1 Å². The molecular weight excluding hydrogens is 362 g/mol. The molecule has 1 aromatic carbocycles. The Labute approximate surface area is 165 Å². The Morgan fingerprint density at radius 1 is 1.33 bits per heavy atom. The molecule has 5 nitrogen and oxygen atoms in total. The Kier molecular flexibility index (Phi) is 6.78. The van der Waals surface area contributed by atoms with Crippen LogP contribution in [0.15, 0.2) is 24.4 Å². The van der Waals surface area contributed by atoms with Gasteiger partial charge in [0, 0.05) is 48.2 Å². The summed E-state index contributed by atoms with van der Waals surface area (Å²) < 4.78 is 0. The molecule has 1 aromatic heterocycles. The third-order valence-electron chi connectivity index (χ3n) is 5.30. The molecule has 27 heavy (non-hydrogen) atoms. The van der Waals surface area contributed by atoms with Gasteiger partial charge < -0.3 is 15.2 Å². The van der Waals surface area contributed by atoms with Crippen LogP contribution in [0.5, 0.6) is 0 Å². The Balaban J connectivity index is 1.49. The standard InChI is InChI=1S/C21H28ClN3O2/c1-2-3-4-5-9-23-21(27)16-11-20(26)25(14-16)10-8-15-13-24-19-7-6-17(22)12-18(15)19/h6-7,12-13,16,24H,2-5,8-11,14H2,1H3,(H,23,27). The van der Waals surface area contributed by atoms with E-state index in [-0.39, 0.29) is 17.7 Å². The van der Waals surface area contributed by atoms with Gasteiger partial charge >= 0.3 is 0 Å². The van der Waals surface area contributed by atoms with Crippen LogP contribution >= 0.6 is 11.6 Å². The van der Waals surface area contributed by atoms with Crippen LogP contribution in [0.2, 0.25) is 5.02 Å². The minimum atomic E-state index is -0.221. The van der Waals surface area contributed by atoms with E-state index in [4.69, 9.17) is 11.6 Å². The fourth-order valence-electron chi connectivity index (χ4n) is 3.68. The molecule has 0 radical (unpaired) electrons. The normalized spacial score (nSPS) is 17.0. The number of fused-ring (bicyclic) bond motifs is 1. The molecule has 2 amide bonds. The molecule has 0 bridgehead atoms. The Bertz CT molecular complexity index is 802. The lowest BCUT2D eigenvalue weighted by atomic mass is 10.1. The average Bonchev–Trinajstić information content (AvgIpc) is 3.22. The highest BCUT2D eigenvalue weighted by Crippen LogP contribution is 2.24.